The van der Waals surface area contributed by atoms with Gasteiger partial charge >= 0.3 is 0 Å². The lowest BCUT2D eigenvalue weighted by molar-refractivity contribution is 0.0208. The fraction of sp³-hybridized carbons (Fsp3) is 0.400. The van der Waals surface area contributed by atoms with Gasteiger partial charge in [-0.15, -0.1) is 0 Å². The molecule has 0 saturated heterocycles. The molecule has 0 radical (unpaired) electrons. The fourth-order valence-electron chi connectivity index (χ4n) is 0.836. The molecule has 1 rings (SSSR count). The molecule has 76 valence electrons. The fourth-order valence-corrected chi connectivity index (χ4v) is 0.836. The second-order valence-electron chi connectivity index (χ2n) is 3.37. The monoisotopic (exact) mass is 194 g/mol. The average molecular weight is 194 g/mol. The van der Waals surface area contributed by atoms with E-state index in [9.17, 15) is 4.79 Å². The SMILES string of the molecule is CC(C)CONC(=O)c1ccncc1. The predicted molar refractivity (Wildman–Crippen MR) is 52.5 cm³/mol. The number of hydrogen-bond donors (Lipinski definition) is 1. The van der Waals surface area contributed by atoms with E-state index >= 15 is 0 Å². The number of carbonyl (C=O) groups is 1. The number of nitrogens with zero attached hydrogens (tertiary/aromatic N) is 1. The molecular formula is C10H14N2O2. The van der Waals surface area contributed by atoms with Crippen molar-refractivity contribution in [2.75, 3.05) is 6.61 Å². The van der Waals surface area contributed by atoms with Crippen LogP contribution in [0.25, 0.3) is 0 Å². The summed E-state index contributed by atoms with van der Waals surface area (Å²) in [6.07, 6.45) is 3.13. The number of amides is 1. The first-order valence-electron chi connectivity index (χ1n) is 4.52. The van der Waals surface area contributed by atoms with Crippen molar-refractivity contribution in [1.29, 1.82) is 0 Å². The third-order valence-corrected chi connectivity index (χ3v) is 1.52. The highest BCUT2D eigenvalue weighted by molar-refractivity contribution is 5.93. The van der Waals surface area contributed by atoms with Crippen LogP contribution in [0.2, 0.25) is 0 Å². The number of hydroxylamine groups is 1. The molecule has 1 heterocycles. The molecule has 0 bridgehead atoms. The number of pyridine rings is 1. The minimum atomic E-state index is -0.243. The number of hydrogen-bond acceptors (Lipinski definition) is 3. The molecule has 14 heavy (non-hydrogen) atoms. The van der Waals surface area contributed by atoms with E-state index in [0.29, 0.717) is 18.1 Å². The summed E-state index contributed by atoms with van der Waals surface area (Å²) in [7, 11) is 0. The van der Waals surface area contributed by atoms with Crippen LogP contribution in [0.1, 0.15) is 24.2 Å². The van der Waals surface area contributed by atoms with Crippen molar-refractivity contribution in [1.82, 2.24) is 10.5 Å². The summed E-state index contributed by atoms with van der Waals surface area (Å²) in [5.74, 6) is 0.154. The summed E-state index contributed by atoms with van der Waals surface area (Å²) in [4.78, 5) is 20.2. The zero-order valence-electron chi connectivity index (χ0n) is 8.36. The Labute approximate surface area is 83.3 Å². The summed E-state index contributed by atoms with van der Waals surface area (Å²) in [6, 6.07) is 3.27. The summed E-state index contributed by atoms with van der Waals surface area (Å²) < 4.78 is 0. The molecule has 0 fully saturated rings. The minimum Gasteiger partial charge on any atom is -0.273 e. The first kappa shape index (κ1) is 10.7. The van der Waals surface area contributed by atoms with Crippen molar-refractivity contribution in [3.05, 3.63) is 30.1 Å². The van der Waals surface area contributed by atoms with Crippen molar-refractivity contribution in [2.24, 2.45) is 5.92 Å². The Bertz CT molecular complexity index is 285. The first-order chi connectivity index (χ1) is 6.70. The lowest BCUT2D eigenvalue weighted by Crippen LogP contribution is -2.25. The van der Waals surface area contributed by atoms with Gasteiger partial charge in [0, 0.05) is 18.0 Å². The molecule has 0 saturated carbocycles. The molecule has 1 aromatic rings. The van der Waals surface area contributed by atoms with E-state index in [0.717, 1.165) is 0 Å². The standard InChI is InChI=1S/C10H14N2O2/c1-8(2)7-14-12-10(13)9-3-5-11-6-4-9/h3-6,8H,7H2,1-2H3,(H,12,13). The maximum Gasteiger partial charge on any atom is 0.274 e. The number of carbonyl (C=O) groups excluding carboxylic acids is 1. The quantitative estimate of drug-likeness (QED) is 0.737. The van der Waals surface area contributed by atoms with Gasteiger partial charge in [0.1, 0.15) is 0 Å². The van der Waals surface area contributed by atoms with Crippen LogP contribution in [0.15, 0.2) is 24.5 Å². The Morgan fingerprint density at radius 1 is 1.50 bits per heavy atom. The van der Waals surface area contributed by atoms with Gasteiger partial charge in [-0.05, 0) is 18.1 Å². The first-order valence-corrected chi connectivity index (χ1v) is 4.52. The number of nitrogens with one attached hydrogen (secondary N) is 1. The highest BCUT2D eigenvalue weighted by Crippen LogP contribution is 1.96. The molecule has 0 spiro atoms. The van der Waals surface area contributed by atoms with Gasteiger partial charge in [-0.2, -0.15) is 0 Å². The van der Waals surface area contributed by atoms with Gasteiger partial charge in [-0.1, -0.05) is 13.8 Å². The predicted octanol–water partition coefficient (Wildman–Crippen LogP) is 1.40. The molecule has 4 heteroatoms. The Morgan fingerprint density at radius 3 is 2.71 bits per heavy atom. The van der Waals surface area contributed by atoms with Crippen molar-refractivity contribution < 1.29 is 9.63 Å². The largest absolute Gasteiger partial charge is 0.274 e. The van der Waals surface area contributed by atoms with E-state index in [2.05, 4.69) is 10.5 Å². The van der Waals surface area contributed by atoms with E-state index < -0.39 is 0 Å². The van der Waals surface area contributed by atoms with E-state index in [1.807, 2.05) is 13.8 Å². The van der Waals surface area contributed by atoms with Crippen LogP contribution < -0.4 is 5.48 Å². The summed E-state index contributed by atoms with van der Waals surface area (Å²) >= 11 is 0. The molecule has 1 amide bonds. The van der Waals surface area contributed by atoms with Crippen LogP contribution in [0.5, 0.6) is 0 Å². The van der Waals surface area contributed by atoms with Gasteiger partial charge in [0.15, 0.2) is 0 Å². The lowest BCUT2D eigenvalue weighted by atomic mass is 10.2. The third kappa shape index (κ3) is 3.53. The summed E-state index contributed by atoms with van der Waals surface area (Å²) in [5, 5.41) is 0. The number of aromatic nitrogens is 1. The highest BCUT2D eigenvalue weighted by Gasteiger charge is 2.04. The van der Waals surface area contributed by atoms with E-state index in [1.54, 1.807) is 24.5 Å². The van der Waals surface area contributed by atoms with Crippen LogP contribution in [-0.4, -0.2) is 17.5 Å². The molecular weight excluding hydrogens is 180 g/mol. The second-order valence-corrected chi connectivity index (χ2v) is 3.37. The van der Waals surface area contributed by atoms with Crippen LogP contribution in [-0.2, 0) is 4.84 Å². The Kier molecular flexibility index (Phi) is 4.07. The van der Waals surface area contributed by atoms with Crippen LogP contribution in [0, 0.1) is 5.92 Å². The topological polar surface area (TPSA) is 51.2 Å². The molecule has 0 atom stereocenters. The van der Waals surface area contributed by atoms with Crippen molar-refractivity contribution in [3.8, 4) is 0 Å². The van der Waals surface area contributed by atoms with Crippen molar-refractivity contribution >= 4 is 5.91 Å². The van der Waals surface area contributed by atoms with E-state index in [4.69, 9.17) is 4.84 Å². The Balaban J connectivity index is 2.36. The van der Waals surface area contributed by atoms with Gasteiger partial charge in [-0.3, -0.25) is 14.6 Å². The zero-order chi connectivity index (χ0) is 10.4. The van der Waals surface area contributed by atoms with Gasteiger partial charge in [0.25, 0.3) is 5.91 Å². The van der Waals surface area contributed by atoms with Crippen molar-refractivity contribution in [3.63, 3.8) is 0 Å². The van der Waals surface area contributed by atoms with Gasteiger partial charge < -0.3 is 0 Å². The minimum absolute atomic E-state index is 0.243. The summed E-state index contributed by atoms with van der Waals surface area (Å²) in [5.41, 5.74) is 2.91. The third-order valence-electron chi connectivity index (χ3n) is 1.52. The highest BCUT2D eigenvalue weighted by atomic mass is 16.6. The molecule has 0 aliphatic rings. The lowest BCUT2D eigenvalue weighted by Gasteiger charge is -2.07. The smallest absolute Gasteiger partial charge is 0.273 e. The van der Waals surface area contributed by atoms with Crippen molar-refractivity contribution in [2.45, 2.75) is 13.8 Å². The van der Waals surface area contributed by atoms with E-state index in [-0.39, 0.29) is 5.91 Å². The molecule has 0 aliphatic carbocycles. The Morgan fingerprint density at radius 2 is 2.14 bits per heavy atom. The summed E-state index contributed by atoms with van der Waals surface area (Å²) in [6.45, 7) is 4.54. The average Bonchev–Trinajstić information content (AvgIpc) is 2.18. The van der Waals surface area contributed by atoms with Crippen LogP contribution in [0.3, 0.4) is 0 Å². The molecule has 0 aliphatic heterocycles. The maximum absolute atomic E-state index is 11.4. The molecule has 1 N–H and O–H groups in total. The van der Waals surface area contributed by atoms with Gasteiger partial charge in [0.2, 0.25) is 0 Å². The van der Waals surface area contributed by atoms with Crippen LogP contribution >= 0.6 is 0 Å². The second kappa shape index (κ2) is 5.34. The van der Waals surface area contributed by atoms with E-state index in [1.165, 1.54) is 0 Å². The normalized spacial score (nSPS) is 10.2. The Hall–Kier alpha value is -1.42. The van der Waals surface area contributed by atoms with Crippen LogP contribution in [0.4, 0.5) is 0 Å². The molecule has 4 nitrogen and oxygen atoms in total. The van der Waals surface area contributed by atoms with Gasteiger partial charge in [0.05, 0.1) is 6.61 Å². The van der Waals surface area contributed by atoms with Gasteiger partial charge in [-0.25, -0.2) is 5.48 Å². The number of rotatable bonds is 4. The maximum atomic E-state index is 11.4. The zero-order valence-corrected chi connectivity index (χ0v) is 8.36. The molecule has 0 unspecified atom stereocenters. The molecule has 1 aromatic heterocycles. The molecule has 0 aromatic carbocycles.